The van der Waals surface area contributed by atoms with Gasteiger partial charge in [-0.15, -0.1) is 0 Å². The highest BCUT2D eigenvalue weighted by Crippen LogP contribution is 2.23. The van der Waals surface area contributed by atoms with Crippen molar-refractivity contribution in [3.63, 3.8) is 0 Å². The van der Waals surface area contributed by atoms with E-state index in [0.29, 0.717) is 0 Å². The Morgan fingerprint density at radius 2 is 1.53 bits per heavy atom. The lowest BCUT2D eigenvalue weighted by atomic mass is 10.2. The van der Waals surface area contributed by atoms with Gasteiger partial charge in [0.2, 0.25) is 11.8 Å². The van der Waals surface area contributed by atoms with Crippen LogP contribution in [0.15, 0.2) is 0 Å². The van der Waals surface area contributed by atoms with Crippen LogP contribution in [-0.2, 0) is 19.2 Å². The van der Waals surface area contributed by atoms with Crippen LogP contribution in [0.1, 0.15) is 19.3 Å². The van der Waals surface area contributed by atoms with Gasteiger partial charge in [-0.25, -0.2) is 0 Å². The number of likely N-dealkylation sites (tertiary alicyclic amines) is 1. The first-order valence-corrected chi connectivity index (χ1v) is 4.43. The zero-order valence-corrected chi connectivity index (χ0v) is 7.67. The summed E-state index contributed by atoms with van der Waals surface area (Å²) < 4.78 is 0. The number of nitrogens with zero attached hydrogens (tertiary/aromatic N) is 2. The van der Waals surface area contributed by atoms with E-state index in [2.05, 4.69) is 0 Å². The molecule has 0 saturated carbocycles. The number of carbonyl (C=O) groups excluding carboxylic acids is 4. The summed E-state index contributed by atoms with van der Waals surface area (Å²) in [6.07, 6.45) is -0.211. The summed E-state index contributed by atoms with van der Waals surface area (Å²) >= 11 is 0. The third-order valence-electron chi connectivity index (χ3n) is 2.50. The second-order valence-electron chi connectivity index (χ2n) is 3.42. The third kappa shape index (κ3) is 1.32. The molecule has 7 nitrogen and oxygen atoms in total. The second kappa shape index (κ2) is 3.13. The molecule has 1 N–H and O–H groups in total. The first-order chi connectivity index (χ1) is 7.02. The summed E-state index contributed by atoms with van der Waals surface area (Å²) in [4.78, 5) is 45.6. The summed E-state index contributed by atoms with van der Waals surface area (Å²) in [7, 11) is 0. The molecule has 0 aromatic heterocycles. The minimum Gasteiger partial charge on any atom is -0.278 e. The van der Waals surface area contributed by atoms with E-state index in [1.807, 2.05) is 0 Å². The molecular formula is C8H8N2O5. The number of amides is 4. The first kappa shape index (κ1) is 9.78. The Kier molecular flexibility index (Phi) is 2.04. The number of hydroxylamine groups is 2. The van der Waals surface area contributed by atoms with Crippen molar-refractivity contribution >= 4 is 23.6 Å². The molecule has 2 fully saturated rings. The maximum Gasteiger partial charge on any atom is 0.277 e. The highest BCUT2D eigenvalue weighted by molar-refractivity contribution is 6.11. The van der Waals surface area contributed by atoms with Crippen molar-refractivity contribution in [1.82, 2.24) is 9.96 Å². The first-order valence-electron chi connectivity index (χ1n) is 4.43. The standard InChI is InChI=1S/C8H8N2O5/c11-5-1-2-6(12)9(5)4-3-7(13)10(15)8(4)14/h4,15H,1-3H2. The predicted octanol–water partition coefficient (Wildman–Crippen LogP) is -1.35. The lowest BCUT2D eigenvalue weighted by molar-refractivity contribution is -0.173. The SMILES string of the molecule is O=C1CC(N2C(=O)CCC2=O)C(=O)N1O. The molecule has 0 spiro atoms. The Hall–Kier alpha value is -1.76. The van der Waals surface area contributed by atoms with Gasteiger partial charge in [0.25, 0.3) is 11.8 Å². The maximum absolute atomic E-state index is 11.3. The molecule has 0 aromatic carbocycles. The van der Waals surface area contributed by atoms with Crippen LogP contribution < -0.4 is 0 Å². The van der Waals surface area contributed by atoms with Crippen molar-refractivity contribution in [2.45, 2.75) is 25.3 Å². The number of imide groups is 2. The van der Waals surface area contributed by atoms with Crippen molar-refractivity contribution in [2.24, 2.45) is 0 Å². The molecule has 2 heterocycles. The van der Waals surface area contributed by atoms with E-state index in [9.17, 15) is 19.2 Å². The van der Waals surface area contributed by atoms with Crippen molar-refractivity contribution in [3.05, 3.63) is 0 Å². The molecule has 0 aliphatic carbocycles. The van der Waals surface area contributed by atoms with Gasteiger partial charge in [0.15, 0.2) is 0 Å². The zero-order valence-electron chi connectivity index (χ0n) is 7.67. The topological polar surface area (TPSA) is 95.0 Å². The fourth-order valence-corrected chi connectivity index (χ4v) is 1.75. The largest absolute Gasteiger partial charge is 0.278 e. The Bertz CT molecular complexity index is 361. The fraction of sp³-hybridized carbons (Fsp3) is 0.500. The Balaban J connectivity index is 2.25. The van der Waals surface area contributed by atoms with Gasteiger partial charge in [0.05, 0.1) is 6.42 Å². The molecule has 2 saturated heterocycles. The highest BCUT2D eigenvalue weighted by Gasteiger charge is 2.47. The highest BCUT2D eigenvalue weighted by atomic mass is 16.5. The molecule has 4 amide bonds. The van der Waals surface area contributed by atoms with Crippen molar-refractivity contribution < 1.29 is 24.4 Å². The average molecular weight is 212 g/mol. The van der Waals surface area contributed by atoms with E-state index >= 15 is 0 Å². The van der Waals surface area contributed by atoms with Crippen LogP contribution in [0.3, 0.4) is 0 Å². The molecule has 2 aliphatic heterocycles. The van der Waals surface area contributed by atoms with Crippen LogP contribution in [0.2, 0.25) is 0 Å². The molecule has 0 aromatic rings. The van der Waals surface area contributed by atoms with Crippen LogP contribution in [0.4, 0.5) is 0 Å². The normalized spacial score (nSPS) is 27.1. The summed E-state index contributed by atoms with van der Waals surface area (Å²) in [5, 5.41) is 8.92. The molecule has 7 heteroatoms. The van der Waals surface area contributed by atoms with E-state index in [-0.39, 0.29) is 24.3 Å². The van der Waals surface area contributed by atoms with Gasteiger partial charge in [-0.3, -0.25) is 29.3 Å². The number of hydrogen-bond acceptors (Lipinski definition) is 5. The molecule has 15 heavy (non-hydrogen) atoms. The van der Waals surface area contributed by atoms with Crippen LogP contribution in [-0.4, -0.2) is 44.8 Å². The lowest BCUT2D eigenvalue weighted by Gasteiger charge is -2.18. The van der Waals surface area contributed by atoms with Gasteiger partial charge < -0.3 is 0 Å². The number of rotatable bonds is 1. The minimum atomic E-state index is -1.15. The molecule has 0 bridgehead atoms. The monoisotopic (exact) mass is 212 g/mol. The number of carbonyl (C=O) groups is 4. The quantitative estimate of drug-likeness (QED) is 0.428. The van der Waals surface area contributed by atoms with Gasteiger partial charge in [-0.2, -0.15) is 5.06 Å². The molecule has 0 radical (unpaired) electrons. The summed E-state index contributed by atoms with van der Waals surface area (Å²) in [5.41, 5.74) is 0. The van der Waals surface area contributed by atoms with Gasteiger partial charge in [-0.1, -0.05) is 0 Å². The van der Waals surface area contributed by atoms with E-state index in [1.54, 1.807) is 0 Å². The third-order valence-corrected chi connectivity index (χ3v) is 2.50. The van der Waals surface area contributed by atoms with E-state index in [0.717, 1.165) is 4.90 Å². The Labute approximate surface area is 84.2 Å². The van der Waals surface area contributed by atoms with Crippen LogP contribution in [0.5, 0.6) is 0 Å². The van der Waals surface area contributed by atoms with Gasteiger partial charge in [0, 0.05) is 12.8 Å². The minimum absolute atomic E-state index is 0.0381. The van der Waals surface area contributed by atoms with Crippen molar-refractivity contribution in [1.29, 1.82) is 0 Å². The van der Waals surface area contributed by atoms with Gasteiger partial charge in [0.1, 0.15) is 6.04 Å². The van der Waals surface area contributed by atoms with Gasteiger partial charge in [-0.05, 0) is 0 Å². The summed E-state index contributed by atoms with van der Waals surface area (Å²) in [6.45, 7) is 0. The van der Waals surface area contributed by atoms with E-state index < -0.39 is 29.7 Å². The molecule has 1 unspecified atom stereocenters. The summed E-state index contributed by atoms with van der Waals surface area (Å²) in [6, 6.07) is -1.15. The second-order valence-corrected chi connectivity index (χ2v) is 3.42. The van der Waals surface area contributed by atoms with Crippen LogP contribution in [0.25, 0.3) is 0 Å². The summed E-state index contributed by atoms with van der Waals surface area (Å²) in [5.74, 6) is -2.65. The zero-order chi connectivity index (χ0) is 11.2. The number of hydrogen-bond donors (Lipinski definition) is 1. The van der Waals surface area contributed by atoms with Crippen LogP contribution >= 0.6 is 0 Å². The maximum atomic E-state index is 11.3. The van der Waals surface area contributed by atoms with Crippen LogP contribution in [0, 0.1) is 0 Å². The Morgan fingerprint density at radius 1 is 1.00 bits per heavy atom. The van der Waals surface area contributed by atoms with Crippen molar-refractivity contribution in [2.75, 3.05) is 0 Å². The molecule has 1 atom stereocenters. The molecular weight excluding hydrogens is 204 g/mol. The van der Waals surface area contributed by atoms with Gasteiger partial charge >= 0.3 is 0 Å². The van der Waals surface area contributed by atoms with Crippen molar-refractivity contribution in [3.8, 4) is 0 Å². The van der Waals surface area contributed by atoms with E-state index in [4.69, 9.17) is 5.21 Å². The molecule has 2 rings (SSSR count). The average Bonchev–Trinajstić information content (AvgIpc) is 2.63. The lowest BCUT2D eigenvalue weighted by Crippen LogP contribution is -2.44. The Morgan fingerprint density at radius 3 is 1.93 bits per heavy atom. The smallest absolute Gasteiger partial charge is 0.277 e. The fourth-order valence-electron chi connectivity index (χ4n) is 1.75. The predicted molar refractivity (Wildman–Crippen MR) is 43.1 cm³/mol. The van der Waals surface area contributed by atoms with E-state index in [1.165, 1.54) is 0 Å². The molecule has 2 aliphatic rings. The molecule has 80 valence electrons.